The van der Waals surface area contributed by atoms with Crippen LogP contribution in [-0.2, 0) is 11.3 Å². The zero-order valence-electron chi connectivity index (χ0n) is 10.2. The van der Waals surface area contributed by atoms with Crippen LogP contribution in [0.25, 0.3) is 0 Å². The molecule has 0 bridgehead atoms. The molecular formula is C15H12N2O2. The molecule has 2 aromatic rings. The highest BCUT2D eigenvalue weighted by atomic mass is 16.7. The van der Waals surface area contributed by atoms with E-state index in [4.69, 9.17) is 9.47 Å². The Bertz CT molecular complexity index is 640. The number of fused-ring (bicyclic) bond motifs is 2. The summed E-state index contributed by atoms with van der Waals surface area (Å²) in [6, 6.07) is 17.8. The van der Waals surface area contributed by atoms with Crippen molar-refractivity contribution < 1.29 is 9.47 Å². The van der Waals surface area contributed by atoms with Gasteiger partial charge in [-0.05, 0) is 18.2 Å². The Morgan fingerprint density at radius 3 is 2.63 bits per heavy atom. The third kappa shape index (κ3) is 1.73. The fraction of sp³-hybridized carbons (Fsp3) is 0.133. The van der Waals surface area contributed by atoms with Gasteiger partial charge in [0.1, 0.15) is 5.75 Å². The lowest BCUT2D eigenvalue weighted by molar-refractivity contribution is -0.115. The van der Waals surface area contributed by atoms with Crippen molar-refractivity contribution in [2.75, 3.05) is 0 Å². The first-order valence-corrected chi connectivity index (χ1v) is 6.22. The molecule has 0 N–H and O–H groups in total. The summed E-state index contributed by atoms with van der Waals surface area (Å²) in [6.07, 6.45) is -0.454. The molecule has 0 saturated carbocycles. The maximum atomic E-state index is 5.80. The largest absolute Gasteiger partial charge is 0.436 e. The lowest BCUT2D eigenvalue weighted by atomic mass is 10.2. The van der Waals surface area contributed by atoms with Crippen LogP contribution in [0.2, 0.25) is 0 Å². The maximum Gasteiger partial charge on any atom is 0.344 e. The van der Waals surface area contributed by atoms with E-state index in [0.29, 0.717) is 12.4 Å². The average Bonchev–Trinajstić information content (AvgIpc) is 2.88. The summed E-state index contributed by atoms with van der Waals surface area (Å²) < 4.78 is 11.6. The van der Waals surface area contributed by atoms with Crippen molar-refractivity contribution in [3.63, 3.8) is 0 Å². The van der Waals surface area contributed by atoms with E-state index in [-0.39, 0.29) is 0 Å². The summed E-state index contributed by atoms with van der Waals surface area (Å²) >= 11 is 0. The predicted molar refractivity (Wildman–Crippen MR) is 70.5 cm³/mol. The first-order chi connectivity index (χ1) is 9.40. The Hall–Kier alpha value is -2.49. The number of benzene rings is 2. The molecule has 2 aliphatic heterocycles. The fourth-order valence-corrected chi connectivity index (χ4v) is 2.28. The topological polar surface area (TPSA) is 34.1 Å². The first-order valence-electron chi connectivity index (χ1n) is 6.22. The van der Waals surface area contributed by atoms with E-state index in [0.717, 1.165) is 16.9 Å². The lowest BCUT2D eigenvalue weighted by Gasteiger charge is -2.28. The number of rotatable bonds is 1. The number of ether oxygens (including phenoxy) is 2. The Kier molecular flexibility index (Phi) is 2.21. The second kappa shape index (κ2) is 4.02. The molecule has 19 heavy (non-hydrogen) atoms. The molecule has 4 heteroatoms. The highest BCUT2D eigenvalue weighted by Gasteiger charge is 2.34. The molecule has 2 aliphatic rings. The predicted octanol–water partition coefficient (Wildman–Crippen LogP) is 2.56. The van der Waals surface area contributed by atoms with Gasteiger partial charge in [0.2, 0.25) is 5.90 Å². The van der Waals surface area contributed by atoms with Crippen molar-refractivity contribution in [2.45, 2.75) is 13.0 Å². The van der Waals surface area contributed by atoms with Crippen LogP contribution in [0.5, 0.6) is 5.75 Å². The van der Waals surface area contributed by atoms with Crippen molar-refractivity contribution in [3.05, 3.63) is 65.7 Å². The lowest BCUT2D eigenvalue weighted by Crippen LogP contribution is -2.37. The minimum Gasteiger partial charge on any atom is -0.436 e. The zero-order valence-corrected chi connectivity index (χ0v) is 10.2. The molecule has 0 saturated heterocycles. The van der Waals surface area contributed by atoms with Gasteiger partial charge in [-0.15, -0.1) is 5.10 Å². The van der Waals surface area contributed by atoms with Gasteiger partial charge in [0.05, 0.1) is 6.54 Å². The van der Waals surface area contributed by atoms with Gasteiger partial charge in [-0.1, -0.05) is 36.4 Å². The Morgan fingerprint density at radius 1 is 0.947 bits per heavy atom. The van der Waals surface area contributed by atoms with Gasteiger partial charge in [-0.25, -0.2) is 5.01 Å². The number of nitrogens with zero attached hydrogens (tertiary/aromatic N) is 2. The SMILES string of the molecule is c1ccc(C2=NN3Cc4ccccc4OC3O2)cc1. The highest BCUT2D eigenvalue weighted by molar-refractivity contribution is 5.94. The van der Waals surface area contributed by atoms with Gasteiger partial charge >= 0.3 is 6.41 Å². The Labute approximate surface area is 110 Å². The Balaban J connectivity index is 1.64. The molecule has 0 fully saturated rings. The van der Waals surface area contributed by atoms with E-state index in [1.165, 1.54) is 0 Å². The molecule has 94 valence electrons. The van der Waals surface area contributed by atoms with Crippen LogP contribution >= 0.6 is 0 Å². The van der Waals surface area contributed by atoms with Gasteiger partial charge < -0.3 is 9.47 Å². The molecule has 2 aromatic carbocycles. The summed E-state index contributed by atoms with van der Waals surface area (Å²) in [5.41, 5.74) is 2.09. The summed E-state index contributed by atoms with van der Waals surface area (Å²) in [7, 11) is 0. The Morgan fingerprint density at radius 2 is 1.74 bits per heavy atom. The van der Waals surface area contributed by atoms with Crippen LogP contribution in [0.15, 0.2) is 59.7 Å². The van der Waals surface area contributed by atoms with Crippen molar-refractivity contribution in [1.82, 2.24) is 5.01 Å². The third-order valence-electron chi connectivity index (χ3n) is 3.23. The number of para-hydroxylation sites is 1. The van der Waals surface area contributed by atoms with Crippen LogP contribution in [0, 0.1) is 0 Å². The smallest absolute Gasteiger partial charge is 0.344 e. The van der Waals surface area contributed by atoms with Crippen molar-refractivity contribution in [1.29, 1.82) is 0 Å². The molecule has 0 aromatic heterocycles. The van der Waals surface area contributed by atoms with Crippen molar-refractivity contribution >= 4 is 5.90 Å². The molecular weight excluding hydrogens is 240 g/mol. The summed E-state index contributed by atoms with van der Waals surface area (Å²) in [5.74, 6) is 1.48. The van der Waals surface area contributed by atoms with Gasteiger partial charge in [0, 0.05) is 11.1 Å². The van der Waals surface area contributed by atoms with E-state index < -0.39 is 6.41 Å². The quantitative estimate of drug-likeness (QED) is 0.782. The molecule has 2 heterocycles. The average molecular weight is 252 g/mol. The van der Waals surface area contributed by atoms with E-state index >= 15 is 0 Å². The van der Waals surface area contributed by atoms with E-state index in [9.17, 15) is 0 Å². The van der Waals surface area contributed by atoms with E-state index in [2.05, 4.69) is 5.10 Å². The van der Waals surface area contributed by atoms with E-state index in [1.807, 2.05) is 59.6 Å². The first kappa shape index (κ1) is 10.4. The maximum absolute atomic E-state index is 5.80. The van der Waals surface area contributed by atoms with Crippen LogP contribution in [0.3, 0.4) is 0 Å². The normalized spacial score (nSPS) is 19.9. The van der Waals surface area contributed by atoms with Crippen LogP contribution < -0.4 is 4.74 Å². The molecule has 0 aliphatic carbocycles. The second-order valence-corrected chi connectivity index (χ2v) is 4.52. The van der Waals surface area contributed by atoms with Crippen LogP contribution in [0.4, 0.5) is 0 Å². The monoisotopic (exact) mass is 252 g/mol. The molecule has 4 rings (SSSR count). The number of hydrogen-bond acceptors (Lipinski definition) is 4. The molecule has 1 atom stereocenters. The fourth-order valence-electron chi connectivity index (χ4n) is 2.28. The second-order valence-electron chi connectivity index (χ2n) is 4.52. The summed E-state index contributed by atoms with van der Waals surface area (Å²) in [5, 5.41) is 6.31. The van der Waals surface area contributed by atoms with Gasteiger partial charge in [0.25, 0.3) is 0 Å². The molecule has 0 spiro atoms. The van der Waals surface area contributed by atoms with Crippen LogP contribution in [0.1, 0.15) is 11.1 Å². The molecule has 4 nitrogen and oxygen atoms in total. The van der Waals surface area contributed by atoms with Crippen molar-refractivity contribution in [3.8, 4) is 5.75 Å². The minimum atomic E-state index is -0.454. The highest BCUT2D eigenvalue weighted by Crippen LogP contribution is 2.31. The minimum absolute atomic E-state index is 0.454. The van der Waals surface area contributed by atoms with Gasteiger partial charge in [-0.3, -0.25) is 0 Å². The van der Waals surface area contributed by atoms with E-state index in [1.54, 1.807) is 0 Å². The van der Waals surface area contributed by atoms with Gasteiger partial charge in [0.15, 0.2) is 0 Å². The van der Waals surface area contributed by atoms with Crippen LogP contribution in [-0.4, -0.2) is 17.3 Å². The number of hydrogen-bond donors (Lipinski definition) is 0. The molecule has 1 unspecified atom stereocenters. The molecule has 0 radical (unpaired) electrons. The third-order valence-corrected chi connectivity index (χ3v) is 3.23. The summed E-state index contributed by atoms with van der Waals surface area (Å²) in [4.78, 5) is 0. The van der Waals surface area contributed by atoms with Crippen molar-refractivity contribution in [2.24, 2.45) is 5.10 Å². The zero-order chi connectivity index (χ0) is 12.7. The van der Waals surface area contributed by atoms with Gasteiger partial charge in [-0.2, -0.15) is 0 Å². The molecule has 0 amide bonds. The summed E-state index contributed by atoms with van der Waals surface area (Å²) in [6.45, 7) is 0.706. The number of hydrazone groups is 1. The standard InChI is InChI=1S/C15H12N2O2/c1-2-6-11(7-3-1)14-16-17-10-12-8-4-5-9-13(12)18-15(17)19-14/h1-9,15H,10H2.